The zero-order valence-electron chi connectivity index (χ0n) is 15.0. The number of benzene rings is 1. The Hall–Kier alpha value is -2.56. The SMILES string of the molecule is CN(C1CC1)S(=O)(=O)c1ccc(C(=O)Nc2nnc(Cc3cccs3)o2)cc1. The summed E-state index contributed by atoms with van der Waals surface area (Å²) in [4.78, 5) is 13.6. The summed E-state index contributed by atoms with van der Waals surface area (Å²) < 4.78 is 31.9. The second kappa shape index (κ2) is 7.46. The molecule has 1 saturated carbocycles. The van der Waals surface area contributed by atoms with E-state index in [2.05, 4.69) is 15.5 Å². The van der Waals surface area contributed by atoms with Gasteiger partial charge in [-0.05, 0) is 48.6 Å². The third-order valence-corrected chi connectivity index (χ3v) is 7.25. The molecule has 0 saturated heterocycles. The normalized spacial score (nSPS) is 14.4. The molecule has 0 unspecified atom stereocenters. The monoisotopic (exact) mass is 418 g/mol. The maximum absolute atomic E-state index is 12.5. The number of hydrogen-bond donors (Lipinski definition) is 1. The molecule has 1 amide bonds. The molecule has 1 aliphatic carbocycles. The van der Waals surface area contributed by atoms with Gasteiger partial charge < -0.3 is 4.42 Å². The molecule has 28 heavy (non-hydrogen) atoms. The van der Waals surface area contributed by atoms with Gasteiger partial charge in [0.15, 0.2) is 0 Å². The second-order valence-corrected chi connectivity index (χ2v) is 9.52. The third-order valence-electron chi connectivity index (χ3n) is 4.45. The lowest BCUT2D eigenvalue weighted by Gasteiger charge is -2.16. The molecule has 146 valence electrons. The van der Waals surface area contributed by atoms with Crippen molar-refractivity contribution < 1.29 is 17.6 Å². The number of sulfonamides is 1. The second-order valence-electron chi connectivity index (χ2n) is 6.49. The van der Waals surface area contributed by atoms with E-state index in [1.54, 1.807) is 18.4 Å². The number of thiophene rings is 1. The van der Waals surface area contributed by atoms with Gasteiger partial charge in [-0.1, -0.05) is 11.2 Å². The first kappa shape index (κ1) is 18.8. The molecule has 0 bridgehead atoms. The number of nitrogens with one attached hydrogen (secondary N) is 1. The van der Waals surface area contributed by atoms with Gasteiger partial charge in [-0.3, -0.25) is 10.1 Å². The minimum absolute atomic E-state index is 0.00159. The number of anilines is 1. The number of carbonyl (C=O) groups is 1. The standard InChI is InChI=1S/C18H18N4O4S2/c1-22(13-6-7-13)28(24,25)15-8-4-12(5-9-15)17(23)19-18-21-20-16(26-18)11-14-3-2-10-27-14/h2-5,8-10,13H,6-7,11H2,1H3,(H,19,21,23). The molecule has 1 aliphatic rings. The Bertz CT molecular complexity index is 1070. The van der Waals surface area contributed by atoms with Crippen LogP contribution in [0.4, 0.5) is 6.01 Å². The zero-order chi connectivity index (χ0) is 19.7. The average molecular weight is 419 g/mol. The first-order valence-electron chi connectivity index (χ1n) is 8.68. The van der Waals surface area contributed by atoms with Crippen LogP contribution in [0.3, 0.4) is 0 Å². The Morgan fingerprint density at radius 2 is 2.00 bits per heavy atom. The third kappa shape index (κ3) is 3.98. The van der Waals surface area contributed by atoms with Gasteiger partial charge >= 0.3 is 6.01 Å². The summed E-state index contributed by atoms with van der Waals surface area (Å²) in [5, 5.41) is 12.2. The Morgan fingerprint density at radius 3 is 2.64 bits per heavy atom. The molecule has 2 heterocycles. The van der Waals surface area contributed by atoms with Crippen molar-refractivity contribution >= 4 is 33.3 Å². The quantitative estimate of drug-likeness (QED) is 0.632. The van der Waals surface area contributed by atoms with Crippen molar-refractivity contribution in [3.8, 4) is 0 Å². The highest BCUT2D eigenvalue weighted by Gasteiger charge is 2.35. The number of aromatic nitrogens is 2. The van der Waals surface area contributed by atoms with Crippen LogP contribution < -0.4 is 5.32 Å². The Morgan fingerprint density at radius 1 is 1.25 bits per heavy atom. The van der Waals surface area contributed by atoms with Gasteiger partial charge in [-0.15, -0.1) is 16.4 Å². The molecule has 1 N–H and O–H groups in total. The molecular formula is C18H18N4O4S2. The lowest BCUT2D eigenvalue weighted by molar-refractivity contribution is 0.102. The van der Waals surface area contributed by atoms with E-state index in [1.165, 1.54) is 28.6 Å². The van der Waals surface area contributed by atoms with Gasteiger partial charge in [-0.25, -0.2) is 8.42 Å². The van der Waals surface area contributed by atoms with Gasteiger partial charge in [0.2, 0.25) is 15.9 Å². The van der Waals surface area contributed by atoms with Crippen molar-refractivity contribution in [3.63, 3.8) is 0 Å². The van der Waals surface area contributed by atoms with E-state index >= 15 is 0 Å². The fraction of sp³-hybridized carbons (Fsp3) is 0.278. The number of amides is 1. The first-order valence-corrected chi connectivity index (χ1v) is 11.0. The van der Waals surface area contributed by atoms with Crippen LogP contribution in [0.25, 0.3) is 0 Å². The highest BCUT2D eigenvalue weighted by molar-refractivity contribution is 7.89. The summed E-state index contributed by atoms with van der Waals surface area (Å²) >= 11 is 1.58. The van der Waals surface area contributed by atoms with Crippen LogP contribution in [-0.4, -0.2) is 41.9 Å². The van der Waals surface area contributed by atoms with Crippen LogP contribution in [0.1, 0.15) is 34.0 Å². The van der Waals surface area contributed by atoms with Gasteiger partial charge in [0.1, 0.15) is 0 Å². The molecule has 0 atom stereocenters. The lowest BCUT2D eigenvalue weighted by atomic mass is 10.2. The van der Waals surface area contributed by atoms with Crippen molar-refractivity contribution in [1.82, 2.24) is 14.5 Å². The number of carbonyl (C=O) groups excluding carboxylic acids is 1. The van der Waals surface area contributed by atoms with Crippen molar-refractivity contribution in [2.45, 2.75) is 30.2 Å². The van der Waals surface area contributed by atoms with Crippen LogP contribution in [-0.2, 0) is 16.4 Å². The van der Waals surface area contributed by atoms with Gasteiger partial charge in [0, 0.05) is 23.5 Å². The molecule has 3 aromatic rings. The maximum Gasteiger partial charge on any atom is 0.322 e. The summed E-state index contributed by atoms with van der Waals surface area (Å²) in [5.74, 6) is -0.0480. The fourth-order valence-electron chi connectivity index (χ4n) is 2.69. The largest absolute Gasteiger partial charge is 0.407 e. The van der Waals surface area contributed by atoms with Crippen LogP contribution in [0.5, 0.6) is 0 Å². The Kier molecular flexibility index (Phi) is 5.00. The molecule has 2 aromatic heterocycles. The number of rotatable bonds is 7. The smallest absolute Gasteiger partial charge is 0.322 e. The Balaban J connectivity index is 1.42. The summed E-state index contributed by atoms with van der Waals surface area (Å²) in [6.07, 6.45) is 2.27. The number of hydrogen-bond acceptors (Lipinski definition) is 7. The molecule has 10 heteroatoms. The van der Waals surface area contributed by atoms with Crippen LogP contribution in [0, 0.1) is 0 Å². The highest BCUT2D eigenvalue weighted by Crippen LogP contribution is 2.30. The molecule has 0 radical (unpaired) electrons. The average Bonchev–Trinajstić information content (AvgIpc) is 3.24. The van der Waals surface area contributed by atoms with E-state index in [0.717, 1.165) is 17.7 Å². The lowest BCUT2D eigenvalue weighted by Crippen LogP contribution is -2.29. The summed E-state index contributed by atoms with van der Waals surface area (Å²) in [6, 6.07) is 9.76. The molecule has 1 fully saturated rings. The minimum Gasteiger partial charge on any atom is -0.407 e. The van der Waals surface area contributed by atoms with E-state index < -0.39 is 15.9 Å². The van der Waals surface area contributed by atoms with E-state index in [9.17, 15) is 13.2 Å². The molecule has 1 aromatic carbocycles. The van der Waals surface area contributed by atoms with Crippen molar-refractivity contribution in [2.24, 2.45) is 0 Å². The van der Waals surface area contributed by atoms with Gasteiger partial charge in [0.25, 0.3) is 5.91 Å². The van der Waals surface area contributed by atoms with Crippen molar-refractivity contribution in [2.75, 3.05) is 12.4 Å². The van der Waals surface area contributed by atoms with Gasteiger partial charge in [0.05, 0.1) is 11.3 Å². The van der Waals surface area contributed by atoms with Crippen LogP contribution >= 0.6 is 11.3 Å². The predicted molar refractivity (Wildman–Crippen MR) is 104 cm³/mol. The van der Waals surface area contributed by atoms with Crippen molar-refractivity contribution in [3.05, 3.63) is 58.1 Å². The topological polar surface area (TPSA) is 105 Å². The van der Waals surface area contributed by atoms with Gasteiger partial charge in [-0.2, -0.15) is 4.31 Å². The minimum atomic E-state index is -3.54. The predicted octanol–water partition coefficient (Wildman–Crippen LogP) is 2.76. The first-order chi connectivity index (χ1) is 13.4. The molecule has 0 aliphatic heterocycles. The fourth-order valence-corrected chi connectivity index (χ4v) is 4.80. The van der Waals surface area contributed by atoms with Crippen LogP contribution in [0.2, 0.25) is 0 Å². The highest BCUT2D eigenvalue weighted by atomic mass is 32.2. The zero-order valence-corrected chi connectivity index (χ0v) is 16.7. The Labute approximate surface area is 166 Å². The van der Waals surface area contributed by atoms with E-state index in [4.69, 9.17) is 4.42 Å². The molecule has 8 nitrogen and oxygen atoms in total. The molecule has 4 rings (SSSR count). The molecular weight excluding hydrogens is 400 g/mol. The summed E-state index contributed by atoms with van der Waals surface area (Å²) in [6.45, 7) is 0. The summed E-state index contributed by atoms with van der Waals surface area (Å²) in [5.41, 5.74) is 0.297. The number of nitrogens with zero attached hydrogens (tertiary/aromatic N) is 3. The maximum atomic E-state index is 12.5. The van der Waals surface area contributed by atoms with E-state index in [0.29, 0.717) is 17.9 Å². The van der Waals surface area contributed by atoms with E-state index in [-0.39, 0.29) is 17.0 Å². The van der Waals surface area contributed by atoms with Crippen LogP contribution in [0.15, 0.2) is 51.1 Å². The summed E-state index contributed by atoms with van der Waals surface area (Å²) in [7, 11) is -1.96. The van der Waals surface area contributed by atoms with E-state index in [1.807, 2.05) is 17.5 Å². The van der Waals surface area contributed by atoms with Crippen molar-refractivity contribution in [1.29, 1.82) is 0 Å². The molecule has 0 spiro atoms.